The normalized spacial score (nSPS) is 10.4. The Kier molecular flexibility index (Phi) is 3.46. The lowest BCUT2D eigenvalue weighted by molar-refractivity contribution is 0.904. The number of nitrogen functional groups attached to an aromatic ring is 1. The molecule has 0 amide bonds. The lowest BCUT2D eigenvalue weighted by Gasteiger charge is -2.18. The number of aromatic nitrogens is 1. The van der Waals surface area contributed by atoms with Crippen LogP contribution in [-0.4, -0.2) is 12.0 Å². The first-order valence-corrected chi connectivity index (χ1v) is 6.48. The maximum Gasteiger partial charge on any atom is 0.151 e. The van der Waals surface area contributed by atoms with Crippen molar-refractivity contribution in [3.63, 3.8) is 0 Å². The quantitative estimate of drug-likeness (QED) is 0.946. The van der Waals surface area contributed by atoms with E-state index in [1.54, 1.807) is 17.5 Å². The molecule has 0 aliphatic heterocycles. The van der Waals surface area contributed by atoms with Crippen molar-refractivity contribution in [3.05, 3.63) is 39.1 Å². The lowest BCUT2D eigenvalue weighted by Crippen LogP contribution is -2.18. The van der Waals surface area contributed by atoms with Gasteiger partial charge in [0.1, 0.15) is 0 Å². The van der Waals surface area contributed by atoms with Crippen LogP contribution >= 0.6 is 27.3 Å². The van der Waals surface area contributed by atoms with E-state index in [2.05, 4.69) is 32.4 Å². The topological polar surface area (TPSA) is 42.2 Å². The number of thiophene rings is 1. The molecule has 0 saturated carbocycles. The molecule has 16 heavy (non-hydrogen) atoms. The summed E-state index contributed by atoms with van der Waals surface area (Å²) in [6, 6.07) is 5.82. The fraction of sp³-hybridized carbons (Fsp3) is 0.182. The predicted octanol–water partition coefficient (Wildman–Crippen LogP) is 3.12. The Hall–Kier alpha value is -1.07. The highest BCUT2D eigenvalue weighted by molar-refractivity contribution is 9.11. The van der Waals surface area contributed by atoms with Crippen molar-refractivity contribution >= 4 is 38.8 Å². The first kappa shape index (κ1) is 11.4. The summed E-state index contributed by atoms with van der Waals surface area (Å²) >= 11 is 5.14. The molecule has 0 atom stereocenters. The minimum Gasteiger partial charge on any atom is -0.396 e. The Balaban J connectivity index is 2.14. The smallest absolute Gasteiger partial charge is 0.151 e. The van der Waals surface area contributed by atoms with Crippen LogP contribution in [0.15, 0.2) is 33.6 Å². The Labute approximate surface area is 107 Å². The van der Waals surface area contributed by atoms with E-state index in [0.29, 0.717) is 5.69 Å². The van der Waals surface area contributed by atoms with Crippen LogP contribution in [0, 0.1) is 0 Å². The summed E-state index contributed by atoms with van der Waals surface area (Å²) in [6.45, 7) is 0.809. The van der Waals surface area contributed by atoms with Crippen molar-refractivity contribution in [2.45, 2.75) is 6.54 Å². The maximum absolute atomic E-state index is 5.87. The molecule has 0 bridgehead atoms. The number of hydrogen-bond acceptors (Lipinski definition) is 4. The van der Waals surface area contributed by atoms with Gasteiger partial charge in [-0.3, -0.25) is 0 Å². The first-order valence-electron chi connectivity index (χ1n) is 4.81. The summed E-state index contributed by atoms with van der Waals surface area (Å²) in [5.74, 6) is 0.824. The Morgan fingerprint density at radius 1 is 1.56 bits per heavy atom. The maximum atomic E-state index is 5.87. The molecule has 2 rings (SSSR count). The number of nitrogens with two attached hydrogens (primary N) is 1. The third kappa shape index (κ3) is 2.54. The molecule has 0 unspecified atom stereocenters. The summed E-state index contributed by atoms with van der Waals surface area (Å²) in [4.78, 5) is 6.32. The standard InChI is InChI=1S/C11H12BrN3S/c1-15(6-8-5-10(12)16-7-8)11-9(13)3-2-4-14-11/h2-5,7H,6,13H2,1H3. The van der Waals surface area contributed by atoms with Crippen LogP contribution in [0.2, 0.25) is 0 Å². The summed E-state index contributed by atoms with van der Waals surface area (Å²) < 4.78 is 1.14. The molecule has 2 aromatic heterocycles. The van der Waals surface area contributed by atoms with E-state index < -0.39 is 0 Å². The molecular weight excluding hydrogens is 286 g/mol. The molecule has 5 heteroatoms. The molecule has 2 aromatic rings. The molecule has 0 radical (unpaired) electrons. The number of anilines is 2. The lowest BCUT2D eigenvalue weighted by atomic mass is 10.3. The van der Waals surface area contributed by atoms with Gasteiger partial charge in [0.25, 0.3) is 0 Å². The molecule has 0 saturated heterocycles. The highest BCUT2D eigenvalue weighted by Crippen LogP contribution is 2.24. The van der Waals surface area contributed by atoms with Gasteiger partial charge in [-0.15, -0.1) is 11.3 Å². The zero-order valence-electron chi connectivity index (χ0n) is 8.85. The average molecular weight is 298 g/mol. The number of hydrogen-bond donors (Lipinski definition) is 1. The predicted molar refractivity (Wildman–Crippen MR) is 72.8 cm³/mol. The highest BCUT2D eigenvalue weighted by Gasteiger charge is 2.07. The van der Waals surface area contributed by atoms with Crippen LogP contribution in [0.4, 0.5) is 11.5 Å². The van der Waals surface area contributed by atoms with Crippen molar-refractivity contribution in [3.8, 4) is 0 Å². The molecule has 0 aromatic carbocycles. The minimum atomic E-state index is 0.708. The number of nitrogens with zero attached hydrogens (tertiary/aromatic N) is 2. The molecule has 0 fully saturated rings. The Morgan fingerprint density at radius 3 is 3.00 bits per heavy atom. The monoisotopic (exact) mass is 297 g/mol. The van der Waals surface area contributed by atoms with Gasteiger partial charge in [0.05, 0.1) is 9.47 Å². The second-order valence-corrected chi connectivity index (χ2v) is 5.82. The van der Waals surface area contributed by atoms with Gasteiger partial charge in [-0.1, -0.05) is 0 Å². The van der Waals surface area contributed by atoms with E-state index in [4.69, 9.17) is 5.73 Å². The van der Waals surface area contributed by atoms with E-state index in [-0.39, 0.29) is 0 Å². The third-order valence-corrected chi connectivity index (χ3v) is 3.77. The van der Waals surface area contributed by atoms with Gasteiger partial charge in [0.2, 0.25) is 0 Å². The van der Waals surface area contributed by atoms with Crippen molar-refractivity contribution in [2.24, 2.45) is 0 Å². The second-order valence-electron chi connectivity index (χ2n) is 3.53. The summed E-state index contributed by atoms with van der Waals surface area (Å²) in [6.07, 6.45) is 1.76. The third-order valence-electron chi connectivity index (χ3n) is 2.22. The molecule has 0 spiro atoms. The molecule has 2 N–H and O–H groups in total. The average Bonchev–Trinajstić information content (AvgIpc) is 2.64. The van der Waals surface area contributed by atoms with E-state index >= 15 is 0 Å². The van der Waals surface area contributed by atoms with Crippen LogP contribution in [0.1, 0.15) is 5.56 Å². The van der Waals surface area contributed by atoms with Crippen molar-refractivity contribution in [1.29, 1.82) is 0 Å². The van der Waals surface area contributed by atoms with E-state index in [1.165, 1.54) is 5.56 Å². The number of halogens is 1. The zero-order valence-corrected chi connectivity index (χ0v) is 11.3. The van der Waals surface area contributed by atoms with E-state index in [1.807, 2.05) is 24.1 Å². The molecule has 0 aliphatic carbocycles. The molecule has 2 heterocycles. The number of rotatable bonds is 3. The second kappa shape index (κ2) is 4.84. The first-order chi connectivity index (χ1) is 7.66. The van der Waals surface area contributed by atoms with Gasteiger partial charge >= 0.3 is 0 Å². The van der Waals surface area contributed by atoms with Gasteiger partial charge in [-0.25, -0.2) is 4.98 Å². The minimum absolute atomic E-state index is 0.708. The summed E-state index contributed by atoms with van der Waals surface area (Å²) in [5, 5.41) is 2.12. The Bertz CT molecular complexity index is 484. The van der Waals surface area contributed by atoms with E-state index in [0.717, 1.165) is 16.1 Å². The van der Waals surface area contributed by atoms with Gasteiger partial charge in [-0.05, 0) is 45.1 Å². The summed E-state index contributed by atoms with van der Waals surface area (Å²) in [7, 11) is 1.99. The fourth-order valence-electron chi connectivity index (χ4n) is 1.51. The SMILES string of the molecule is CN(Cc1csc(Br)c1)c1ncccc1N. The molecule has 0 aliphatic rings. The fourth-order valence-corrected chi connectivity index (χ4v) is 2.71. The van der Waals surface area contributed by atoms with Crippen LogP contribution in [0.25, 0.3) is 0 Å². The van der Waals surface area contributed by atoms with Crippen LogP contribution in [0.5, 0.6) is 0 Å². The van der Waals surface area contributed by atoms with Gasteiger partial charge in [-0.2, -0.15) is 0 Å². The molecule has 84 valence electrons. The largest absolute Gasteiger partial charge is 0.396 e. The van der Waals surface area contributed by atoms with Crippen molar-refractivity contribution in [2.75, 3.05) is 17.7 Å². The van der Waals surface area contributed by atoms with Gasteiger partial charge in [0, 0.05) is 19.8 Å². The summed E-state index contributed by atoms with van der Waals surface area (Å²) in [5.41, 5.74) is 7.83. The van der Waals surface area contributed by atoms with Gasteiger partial charge < -0.3 is 10.6 Å². The molecule has 3 nitrogen and oxygen atoms in total. The number of pyridine rings is 1. The van der Waals surface area contributed by atoms with Crippen LogP contribution in [-0.2, 0) is 6.54 Å². The van der Waals surface area contributed by atoms with Gasteiger partial charge in [0.15, 0.2) is 5.82 Å². The van der Waals surface area contributed by atoms with E-state index in [9.17, 15) is 0 Å². The Morgan fingerprint density at radius 2 is 2.38 bits per heavy atom. The van der Waals surface area contributed by atoms with Crippen LogP contribution in [0.3, 0.4) is 0 Å². The van der Waals surface area contributed by atoms with Crippen molar-refractivity contribution in [1.82, 2.24) is 4.98 Å². The van der Waals surface area contributed by atoms with Crippen LogP contribution < -0.4 is 10.6 Å². The van der Waals surface area contributed by atoms with Crippen molar-refractivity contribution < 1.29 is 0 Å². The highest BCUT2D eigenvalue weighted by atomic mass is 79.9. The zero-order chi connectivity index (χ0) is 11.5. The molecular formula is C11H12BrN3S.